The minimum atomic E-state index is 0.636. The van der Waals surface area contributed by atoms with E-state index in [2.05, 4.69) is 28.0 Å². The van der Waals surface area contributed by atoms with Gasteiger partial charge >= 0.3 is 0 Å². The van der Waals surface area contributed by atoms with Crippen LogP contribution in [0.15, 0.2) is 10.7 Å². The van der Waals surface area contributed by atoms with E-state index in [1.807, 2.05) is 17.8 Å². The van der Waals surface area contributed by atoms with Gasteiger partial charge in [-0.15, -0.1) is 0 Å². The smallest absolute Gasteiger partial charge is 0.0896 e. The molecule has 0 fully saturated rings. The lowest BCUT2D eigenvalue weighted by molar-refractivity contribution is 0.127. The lowest BCUT2D eigenvalue weighted by atomic mass is 10.4. The van der Waals surface area contributed by atoms with E-state index < -0.39 is 0 Å². The number of hydrogen-bond donors (Lipinski definition) is 0. The lowest BCUT2D eigenvalue weighted by Crippen LogP contribution is -2.06. The van der Waals surface area contributed by atoms with Gasteiger partial charge in [-0.2, -0.15) is 5.10 Å². The molecule has 0 bridgehead atoms. The van der Waals surface area contributed by atoms with Crippen molar-refractivity contribution in [3.8, 4) is 0 Å². The van der Waals surface area contributed by atoms with Gasteiger partial charge in [0, 0.05) is 13.2 Å². The highest BCUT2D eigenvalue weighted by molar-refractivity contribution is 9.10. The standard InChI is InChI=1S/C9H15BrN2O/c1-3-5-12-9(7-13-4-2)8(10)6-11-12/h6H,3-5,7H2,1-2H3. The first-order valence-electron chi connectivity index (χ1n) is 4.57. The van der Waals surface area contributed by atoms with Crippen LogP contribution in [-0.2, 0) is 17.9 Å². The Labute approximate surface area is 87.2 Å². The fourth-order valence-corrected chi connectivity index (χ4v) is 1.55. The van der Waals surface area contributed by atoms with Gasteiger partial charge in [0.25, 0.3) is 0 Å². The fraction of sp³-hybridized carbons (Fsp3) is 0.667. The maximum atomic E-state index is 5.35. The van der Waals surface area contributed by atoms with Crippen molar-refractivity contribution in [2.45, 2.75) is 33.4 Å². The zero-order chi connectivity index (χ0) is 9.68. The Bertz CT molecular complexity index is 260. The first-order valence-corrected chi connectivity index (χ1v) is 5.36. The Morgan fingerprint density at radius 3 is 2.92 bits per heavy atom. The van der Waals surface area contributed by atoms with Gasteiger partial charge in [-0.3, -0.25) is 4.68 Å². The van der Waals surface area contributed by atoms with Crippen LogP contribution >= 0.6 is 15.9 Å². The fourth-order valence-electron chi connectivity index (χ4n) is 1.13. The first-order chi connectivity index (χ1) is 6.29. The van der Waals surface area contributed by atoms with Crippen LogP contribution in [0, 0.1) is 0 Å². The summed E-state index contributed by atoms with van der Waals surface area (Å²) in [5, 5.41) is 4.25. The largest absolute Gasteiger partial charge is 0.375 e. The summed E-state index contributed by atoms with van der Waals surface area (Å²) in [6.07, 6.45) is 2.91. The zero-order valence-electron chi connectivity index (χ0n) is 8.09. The molecule has 3 nitrogen and oxygen atoms in total. The van der Waals surface area contributed by atoms with Crippen LogP contribution in [0.1, 0.15) is 26.0 Å². The number of nitrogens with zero attached hydrogens (tertiary/aromatic N) is 2. The number of rotatable bonds is 5. The number of aromatic nitrogens is 2. The molecule has 0 unspecified atom stereocenters. The number of ether oxygens (including phenoxy) is 1. The van der Waals surface area contributed by atoms with E-state index in [9.17, 15) is 0 Å². The summed E-state index contributed by atoms with van der Waals surface area (Å²) in [5.74, 6) is 0. The molecule has 0 N–H and O–H groups in total. The molecule has 1 aromatic heterocycles. The van der Waals surface area contributed by atoms with Gasteiger partial charge in [-0.1, -0.05) is 6.92 Å². The molecule has 0 saturated heterocycles. The summed E-state index contributed by atoms with van der Waals surface area (Å²) in [7, 11) is 0. The molecule has 74 valence electrons. The average Bonchev–Trinajstić information content (AvgIpc) is 2.45. The van der Waals surface area contributed by atoms with Crippen molar-refractivity contribution in [1.82, 2.24) is 9.78 Å². The van der Waals surface area contributed by atoms with Crippen molar-refractivity contribution in [2.75, 3.05) is 6.61 Å². The molecule has 13 heavy (non-hydrogen) atoms. The van der Waals surface area contributed by atoms with E-state index in [0.29, 0.717) is 6.61 Å². The minimum absolute atomic E-state index is 0.636. The Morgan fingerprint density at radius 2 is 2.31 bits per heavy atom. The van der Waals surface area contributed by atoms with Gasteiger partial charge in [-0.25, -0.2) is 0 Å². The highest BCUT2D eigenvalue weighted by Gasteiger charge is 2.07. The number of hydrogen-bond acceptors (Lipinski definition) is 2. The van der Waals surface area contributed by atoms with Gasteiger partial charge in [0.1, 0.15) is 0 Å². The van der Waals surface area contributed by atoms with Crippen LogP contribution < -0.4 is 0 Å². The van der Waals surface area contributed by atoms with E-state index in [1.54, 1.807) is 0 Å². The molecule has 0 aromatic carbocycles. The third kappa shape index (κ3) is 2.81. The molecule has 0 aliphatic carbocycles. The molecule has 1 rings (SSSR count). The maximum Gasteiger partial charge on any atom is 0.0896 e. The monoisotopic (exact) mass is 246 g/mol. The Kier molecular flexibility index (Phi) is 4.45. The van der Waals surface area contributed by atoms with E-state index in [1.165, 1.54) is 0 Å². The molecular weight excluding hydrogens is 232 g/mol. The summed E-state index contributed by atoms with van der Waals surface area (Å²) in [5.41, 5.74) is 1.13. The second-order valence-electron chi connectivity index (χ2n) is 2.80. The molecule has 0 atom stereocenters. The van der Waals surface area contributed by atoms with Crippen molar-refractivity contribution < 1.29 is 4.74 Å². The van der Waals surface area contributed by atoms with Gasteiger partial charge in [0.2, 0.25) is 0 Å². The molecule has 0 aliphatic heterocycles. The topological polar surface area (TPSA) is 27.1 Å². The number of aryl methyl sites for hydroxylation is 1. The van der Waals surface area contributed by atoms with Crippen molar-refractivity contribution in [1.29, 1.82) is 0 Å². The van der Waals surface area contributed by atoms with Crippen molar-refractivity contribution in [3.63, 3.8) is 0 Å². The molecule has 0 amide bonds. The second kappa shape index (κ2) is 5.40. The predicted molar refractivity (Wildman–Crippen MR) is 55.5 cm³/mol. The first kappa shape index (κ1) is 10.7. The Balaban J connectivity index is 2.69. The molecule has 4 heteroatoms. The van der Waals surface area contributed by atoms with Crippen LogP contribution in [0.25, 0.3) is 0 Å². The predicted octanol–water partition coefficient (Wildman–Crippen LogP) is 2.59. The quantitative estimate of drug-likeness (QED) is 0.799. The Hall–Kier alpha value is -0.350. The average molecular weight is 247 g/mol. The lowest BCUT2D eigenvalue weighted by Gasteiger charge is -2.06. The van der Waals surface area contributed by atoms with Crippen LogP contribution in [0.3, 0.4) is 0 Å². The molecule has 0 spiro atoms. The van der Waals surface area contributed by atoms with E-state index in [-0.39, 0.29) is 0 Å². The van der Waals surface area contributed by atoms with Crippen LogP contribution in [0.4, 0.5) is 0 Å². The van der Waals surface area contributed by atoms with Crippen LogP contribution in [0.5, 0.6) is 0 Å². The summed E-state index contributed by atoms with van der Waals surface area (Å²) in [6.45, 7) is 6.46. The van der Waals surface area contributed by atoms with Crippen molar-refractivity contribution >= 4 is 15.9 Å². The summed E-state index contributed by atoms with van der Waals surface area (Å²) >= 11 is 3.45. The highest BCUT2D eigenvalue weighted by atomic mass is 79.9. The molecule has 0 radical (unpaired) electrons. The van der Waals surface area contributed by atoms with E-state index in [0.717, 1.165) is 29.7 Å². The Morgan fingerprint density at radius 1 is 1.54 bits per heavy atom. The SMILES string of the molecule is CCCn1ncc(Br)c1COCC. The van der Waals surface area contributed by atoms with E-state index in [4.69, 9.17) is 4.74 Å². The molecular formula is C9H15BrN2O. The van der Waals surface area contributed by atoms with Crippen molar-refractivity contribution in [3.05, 3.63) is 16.4 Å². The maximum absolute atomic E-state index is 5.35. The third-order valence-corrected chi connectivity index (χ3v) is 2.44. The normalized spacial score (nSPS) is 10.7. The number of halogens is 1. The minimum Gasteiger partial charge on any atom is -0.375 e. The highest BCUT2D eigenvalue weighted by Crippen LogP contribution is 2.17. The van der Waals surface area contributed by atoms with Gasteiger partial charge < -0.3 is 4.74 Å². The molecule has 1 heterocycles. The summed E-state index contributed by atoms with van der Waals surface area (Å²) < 4.78 is 8.38. The second-order valence-corrected chi connectivity index (χ2v) is 3.65. The van der Waals surface area contributed by atoms with Crippen LogP contribution in [-0.4, -0.2) is 16.4 Å². The van der Waals surface area contributed by atoms with E-state index >= 15 is 0 Å². The van der Waals surface area contributed by atoms with Gasteiger partial charge in [0.15, 0.2) is 0 Å². The van der Waals surface area contributed by atoms with Gasteiger partial charge in [-0.05, 0) is 29.3 Å². The van der Waals surface area contributed by atoms with Crippen LogP contribution in [0.2, 0.25) is 0 Å². The third-order valence-electron chi connectivity index (χ3n) is 1.78. The summed E-state index contributed by atoms with van der Waals surface area (Å²) in [6, 6.07) is 0. The van der Waals surface area contributed by atoms with Crippen molar-refractivity contribution in [2.24, 2.45) is 0 Å². The summed E-state index contributed by atoms with van der Waals surface area (Å²) in [4.78, 5) is 0. The molecule has 0 saturated carbocycles. The molecule has 1 aromatic rings. The zero-order valence-corrected chi connectivity index (χ0v) is 9.67. The molecule has 0 aliphatic rings. The van der Waals surface area contributed by atoms with Gasteiger partial charge in [0.05, 0.1) is 23.0 Å².